The van der Waals surface area contributed by atoms with Crippen LogP contribution in [0.15, 0.2) is 17.5 Å². The maximum absolute atomic E-state index is 12.2. The third-order valence-corrected chi connectivity index (χ3v) is 4.72. The lowest BCUT2D eigenvalue weighted by molar-refractivity contribution is -0.146. The molecule has 0 aromatic carbocycles. The number of hydrogen-bond acceptors (Lipinski definition) is 3. The maximum atomic E-state index is 12.2. The van der Waals surface area contributed by atoms with Gasteiger partial charge in [-0.05, 0) is 38.1 Å². The van der Waals surface area contributed by atoms with Gasteiger partial charge in [0, 0.05) is 10.9 Å². The first kappa shape index (κ1) is 13.1. The first-order chi connectivity index (χ1) is 8.41. The van der Waals surface area contributed by atoms with Crippen molar-refractivity contribution in [3.05, 3.63) is 22.4 Å². The molecule has 1 amide bonds. The van der Waals surface area contributed by atoms with Crippen LogP contribution < -0.4 is 5.32 Å². The van der Waals surface area contributed by atoms with Crippen LogP contribution >= 0.6 is 11.3 Å². The molecular weight excluding hydrogens is 250 g/mol. The predicted molar refractivity (Wildman–Crippen MR) is 69.6 cm³/mol. The second-order valence-corrected chi connectivity index (χ2v) is 6.23. The monoisotopic (exact) mass is 267 g/mol. The molecule has 2 rings (SSSR count). The summed E-state index contributed by atoms with van der Waals surface area (Å²) >= 11 is 1.56. The zero-order valence-electron chi connectivity index (χ0n) is 10.5. The fraction of sp³-hybridized carbons (Fsp3) is 0.538. The fourth-order valence-corrected chi connectivity index (χ4v) is 2.90. The second kappa shape index (κ2) is 4.72. The number of hydrogen-bond donors (Lipinski definition) is 2. The van der Waals surface area contributed by atoms with E-state index in [4.69, 9.17) is 5.11 Å². The Kier molecular flexibility index (Phi) is 3.43. The van der Waals surface area contributed by atoms with Gasteiger partial charge < -0.3 is 10.4 Å². The van der Waals surface area contributed by atoms with Crippen LogP contribution in [0.25, 0.3) is 0 Å². The zero-order valence-corrected chi connectivity index (χ0v) is 11.3. The van der Waals surface area contributed by atoms with Crippen LogP contribution in [-0.2, 0) is 15.0 Å². The van der Waals surface area contributed by atoms with Crippen LogP contribution in [0.3, 0.4) is 0 Å². The molecule has 0 atom stereocenters. The third kappa shape index (κ3) is 2.41. The lowest BCUT2D eigenvalue weighted by Gasteiger charge is -2.35. The Morgan fingerprint density at radius 1 is 1.44 bits per heavy atom. The molecule has 0 spiro atoms. The molecule has 0 bridgehead atoms. The van der Waals surface area contributed by atoms with E-state index in [-0.39, 0.29) is 17.9 Å². The molecule has 4 nitrogen and oxygen atoms in total. The highest BCUT2D eigenvalue weighted by molar-refractivity contribution is 7.10. The number of carbonyl (C=O) groups excluding carboxylic acids is 1. The maximum Gasteiger partial charge on any atom is 0.306 e. The van der Waals surface area contributed by atoms with E-state index < -0.39 is 11.4 Å². The molecular formula is C13H17NO3S. The lowest BCUT2D eigenvalue weighted by atomic mass is 9.79. The van der Waals surface area contributed by atoms with Gasteiger partial charge in [0.2, 0.25) is 5.91 Å². The van der Waals surface area contributed by atoms with Crippen LogP contribution in [0, 0.1) is 5.92 Å². The van der Waals surface area contributed by atoms with Crippen molar-refractivity contribution < 1.29 is 14.7 Å². The molecule has 98 valence electrons. The van der Waals surface area contributed by atoms with E-state index in [9.17, 15) is 9.59 Å². The molecule has 0 saturated heterocycles. The van der Waals surface area contributed by atoms with Gasteiger partial charge in [0.1, 0.15) is 0 Å². The van der Waals surface area contributed by atoms with Gasteiger partial charge in [-0.15, -0.1) is 11.3 Å². The van der Waals surface area contributed by atoms with Crippen molar-refractivity contribution in [2.45, 2.75) is 38.1 Å². The van der Waals surface area contributed by atoms with Crippen molar-refractivity contribution in [3.63, 3.8) is 0 Å². The van der Waals surface area contributed by atoms with E-state index in [1.54, 1.807) is 11.3 Å². The van der Waals surface area contributed by atoms with Gasteiger partial charge in [-0.25, -0.2) is 0 Å². The third-order valence-electron chi connectivity index (χ3n) is 3.53. The number of aliphatic carboxylic acids is 1. The van der Waals surface area contributed by atoms with Crippen LogP contribution in [0.2, 0.25) is 0 Å². The van der Waals surface area contributed by atoms with E-state index in [1.807, 2.05) is 31.4 Å². The molecule has 1 aromatic rings. The Bertz CT molecular complexity index is 447. The summed E-state index contributed by atoms with van der Waals surface area (Å²) in [5.74, 6) is -1.09. The van der Waals surface area contributed by atoms with Crippen molar-refractivity contribution in [3.8, 4) is 0 Å². The summed E-state index contributed by atoms with van der Waals surface area (Å²) in [6, 6.07) is 3.89. The van der Waals surface area contributed by atoms with E-state index in [2.05, 4.69) is 5.32 Å². The number of nitrogens with one attached hydrogen (secondary N) is 1. The minimum absolute atomic E-state index is 0.0119. The summed E-state index contributed by atoms with van der Waals surface area (Å²) < 4.78 is 0. The highest BCUT2D eigenvalue weighted by atomic mass is 32.1. The molecule has 18 heavy (non-hydrogen) atoms. The van der Waals surface area contributed by atoms with Gasteiger partial charge >= 0.3 is 5.97 Å². The second-order valence-electron chi connectivity index (χ2n) is 5.28. The van der Waals surface area contributed by atoms with Gasteiger partial charge in [-0.2, -0.15) is 0 Å². The van der Waals surface area contributed by atoms with E-state index in [0.717, 1.165) is 4.88 Å². The lowest BCUT2D eigenvalue weighted by Crippen LogP contribution is -2.51. The molecule has 5 heteroatoms. The van der Waals surface area contributed by atoms with Crippen LogP contribution in [0.4, 0.5) is 0 Å². The Morgan fingerprint density at radius 3 is 2.61 bits per heavy atom. The van der Waals surface area contributed by atoms with Crippen LogP contribution in [0.5, 0.6) is 0 Å². The predicted octanol–water partition coefficient (Wildman–Crippen LogP) is 2.01. The van der Waals surface area contributed by atoms with Crippen molar-refractivity contribution >= 4 is 23.2 Å². The summed E-state index contributed by atoms with van der Waals surface area (Å²) in [4.78, 5) is 23.9. The first-order valence-electron chi connectivity index (χ1n) is 5.99. The number of carboxylic acids is 1. The van der Waals surface area contributed by atoms with Crippen molar-refractivity contribution in [2.24, 2.45) is 5.92 Å². The molecule has 0 aliphatic heterocycles. The summed E-state index contributed by atoms with van der Waals surface area (Å²) in [7, 11) is 0. The molecule has 0 unspecified atom stereocenters. The Hall–Kier alpha value is -1.36. The minimum Gasteiger partial charge on any atom is -0.481 e. The van der Waals surface area contributed by atoms with Gasteiger partial charge in [-0.3, -0.25) is 9.59 Å². The van der Waals surface area contributed by atoms with Crippen LogP contribution in [0.1, 0.15) is 31.6 Å². The Labute approximate surface area is 110 Å². The number of carbonyl (C=O) groups is 2. The zero-order chi connectivity index (χ0) is 13.3. The largest absolute Gasteiger partial charge is 0.481 e. The molecule has 1 aliphatic rings. The molecule has 1 aliphatic carbocycles. The van der Waals surface area contributed by atoms with Gasteiger partial charge in [0.25, 0.3) is 0 Å². The summed E-state index contributed by atoms with van der Waals surface area (Å²) in [5, 5.41) is 13.7. The van der Waals surface area contributed by atoms with Crippen molar-refractivity contribution in [2.75, 3.05) is 0 Å². The molecule has 1 saturated carbocycles. The average molecular weight is 267 g/mol. The average Bonchev–Trinajstić information content (AvgIpc) is 2.75. The highest BCUT2D eigenvalue weighted by Crippen LogP contribution is 2.31. The quantitative estimate of drug-likeness (QED) is 0.877. The van der Waals surface area contributed by atoms with Crippen LogP contribution in [-0.4, -0.2) is 23.0 Å². The number of rotatable bonds is 4. The van der Waals surface area contributed by atoms with Crippen molar-refractivity contribution in [1.82, 2.24) is 5.32 Å². The molecule has 1 fully saturated rings. The van der Waals surface area contributed by atoms with Gasteiger partial charge in [0.15, 0.2) is 0 Å². The summed E-state index contributed by atoms with van der Waals surface area (Å²) in [6.07, 6.45) is 1.09. The minimum atomic E-state index is -0.766. The number of thiophene rings is 1. The molecule has 2 N–H and O–H groups in total. The fourth-order valence-electron chi connectivity index (χ4n) is 2.05. The van der Waals surface area contributed by atoms with E-state index in [0.29, 0.717) is 12.8 Å². The standard InChI is InChI=1S/C13H17NO3S/c1-13(2,10-4-3-5-18-10)12(17)14-9-6-8(7-9)11(15)16/h3-5,8-9H,6-7H2,1-2H3,(H,14,17)(H,15,16). The highest BCUT2D eigenvalue weighted by Gasteiger charge is 2.38. The van der Waals surface area contributed by atoms with Gasteiger partial charge in [0.05, 0.1) is 11.3 Å². The topological polar surface area (TPSA) is 66.4 Å². The summed E-state index contributed by atoms with van der Waals surface area (Å²) in [6.45, 7) is 3.78. The molecule has 1 heterocycles. The van der Waals surface area contributed by atoms with E-state index >= 15 is 0 Å². The number of amides is 1. The van der Waals surface area contributed by atoms with Gasteiger partial charge in [-0.1, -0.05) is 6.07 Å². The Morgan fingerprint density at radius 2 is 2.11 bits per heavy atom. The smallest absolute Gasteiger partial charge is 0.306 e. The molecule has 1 aromatic heterocycles. The number of carboxylic acid groups (broad SMARTS) is 1. The Balaban J connectivity index is 1.91. The normalized spacial score (nSPS) is 23.2. The van der Waals surface area contributed by atoms with Crippen molar-refractivity contribution in [1.29, 1.82) is 0 Å². The van der Waals surface area contributed by atoms with E-state index in [1.165, 1.54) is 0 Å². The molecule has 0 radical (unpaired) electrons. The summed E-state index contributed by atoms with van der Waals surface area (Å²) in [5.41, 5.74) is -0.553. The first-order valence-corrected chi connectivity index (χ1v) is 6.87. The SMILES string of the molecule is CC(C)(C(=O)NC1CC(C(=O)O)C1)c1cccs1.